The number of nitrogens with zero attached hydrogens (tertiary/aromatic N) is 2. The first-order chi connectivity index (χ1) is 22.2. The van der Waals surface area contributed by atoms with Gasteiger partial charge in [0.2, 0.25) is 0 Å². The van der Waals surface area contributed by atoms with Crippen molar-refractivity contribution in [3.05, 3.63) is 71.1 Å². The molecule has 0 bridgehead atoms. The highest BCUT2D eigenvalue weighted by molar-refractivity contribution is 7.92. The van der Waals surface area contributed by atoms with E-state index in [0.717, 1.165) is 29.7 Å². The fourth-order valence-corrected chi connectivity index (χ4v) is 8.73. The molecule has 258 valence electrons. The number of carbonyl (C=O) groups is 1. The highest BCUT2D eigenvalue weighted by Crippen LogP contribution is 2.30. The number of thiophene rings is 1. The zero-order valence-corrected chi connectivity index (χ0v) is 29.9. The number of anilines is 1. The lowest BCUT2D eigenvalue weighted by molar-refractivity contribution is -0.00832. The van der Waals surface area contributed by atoms with Gasteiger partial charge in [0.05, 0.1) is 35.3 Å². The quantitative estimate of drug-likeness (QED) is 0.318. The monoisotopic (exact) mass is 707 g/mol. The highest BCUT2D eigenvalue weighted by atomic mass is 32.2. The first-order valence-corrected chi connectivity index (χ1v) is 19.5. The summed E-state index contributed by atoms with van der Waals surface area (Å²) in [5.41, 5.74) is 1.24. The maximum atomic E-state index is 14.3. The van der Waals surface area contributed by atoms with Gasteiger partial charge in [0.1, 0.15) is 9.96 Å². The summed E-state index contributed by atoms with van der Waals surface area (Å²) < 4.78 is 69.5. The highest BCUT2D eigenvalue weighted by Gasteiger charge is 2.33. The van der Waals surface area contributed by atoms with Gasteiger partial charge in [-0.1, -0.05) is 30.7 Å². The first kappa shape index (κ1) is 36.8. The van der Waals surface area contributed by atoms with Gasteiger partial charge in [-0.05, 0) is 81.8 Å². The molecule has 1 aromatic heterocycles. The predicted octanol–water partition coefficient (Wildman–Crippen LogP) is 4.97. The summed E-state index contributed by atoms with van der Waals surface area (Å²) in [4.78, 5) is 15.9. The molecule has 2 heterocycles. The molecule has 1 aliphatic heterocycles. The van der Waals surface area contributed by atoms with Crippen molar-refractivity contribution in [2.45, 2.75) is 74.3 Å². The molecule has 0 saturated carbocycles. The maximum absolute atomic E-state index is 14.3. The summed E-state index contributed by atoms with van der Waals surface area (Å²) in [6.07, 6.45) is 1.35. The van der Waals surface area contributed by atoms with E-state index in [1.165, 1.54) is 34.5 Å². The van der Waals surface area contributed by atoms with E-state index < -0.39 is 38.1 Å². The minimum absolute atomic E-state index is 0.0674. The predicted molar refractivity (Wildman–Crippen MR) is 183 cm³/mol. The third kappa shape index (κ3) is 9.33. The number of sulfonamides is 2. The fraction of sp³-hybridized carbons (Fsp3) is 0.485. The molecule has 0 unspecified atom stereocenters. The minimum Gasteiger partial charge on any atom is -0.490 e. The summed E-state index contributed by atoms with van der Waals surface area (Å²) in [6, 6.07) is 13.7. The standard InChI is InChI=1S/C33H45N3O8S3/c1-23-11-14-28(15-12-23)46(39,40)34-27-13-16-30-29(19-27)33(38)36(25(3)22-37)20-24(2)31(43-17-7-6-9-26(4)44-30)21-35(5)47(41,42)32-10-8-18-45-32/h8,10-16,18-19,24-26,31,34,37H,6-7,9,17,20-22H2,1-5H3/t24-,25-,26-,31+/m0/s1. The van der Waals surface area contributed by atoms with Crippen LogP contribution in [0.25, 0.3) is 0 Å². The first-order valence-electron chi connectivity index (χ1n) is 15.7. The molecule has 1 amide bonds. The molecule has 0 saturated heterocycles. The lowest BCUT2D eigenvalue weighted by Crippen LogP contribution is -2.48. The van der Waals surface area contributed by atoms with Crippen LogP contribution in [-0.4, -0.2) is 88.7 Å². The third-order valence-electron chi connectivity index (χ3n) is 8.23. The molecule has 0 spiro atoms. The Balaban J connectivity index is 1.68. The van der Waals surface area contributed by atoms with Gasteiger partial charge < -0.3 is 19.5 Å². The van der Waals surface area contributed by atoms with Crippen molar-refractivity contribution in [1.29, 1.82) is 0 Å². The number of hydrogen-bond donors (Lipinski definition) is 2. The Morgan fingerprint density at radius 1 is 1.09 bits per heavy atom. The summed E-state index contributed by atoms with van der Waals surface area (Å²) in [6.45, 7) is 7.64. The van der Waals surface area contributed by atoms with E-state index >= 15 is 0 Å². The number of amides is 1. The number of carbonyl (C=O) groups excluding carboxylic acids is 1. The molecule has 0 aliphatic carbocycles. The lowest BCUT2D eigenvalue weighted by atomic mass is 10.0. The van der Waals surface area contributed by atoms with Crippen LogP contribution in [0.1, 0.15) is 56.0 Å². The molecular formula is C33H45N3O8S3. The molecule has 4 rings (SSSR count). The van der Waals surface area contributed by atoms with Crippen LogP contribution in [-0.2, 0) is 24.8 Å². The number of aryl methyl sites for hydroxylation is 1. The van der Waals surface area contributed by atoms with Crippen LogP contribution in [0.4, 0.5) is 5.69 Å². The molecular weight excluding hydrogens is 663 g/mol. The average Bonchev–Trinajstić information content (AvgIpc) is 3.59. The lowest BCUT2D eigenvalue weighted by Gasteiger charge is -2.35. The molecule has 47 heavy (non-hydrogen) atoms. The summed E-state index contributed by atoms with van der Waals surface area (Å²) >= 11 is 1.14. The Morgan fingerprint density at radius 3 is 2.47 bits per heavy atom. The Kier molecular flexibility index (Phi) is 12.5. The van der Waals surface area contributed by atoms with Gasteiger partial charge in [-0.25, -0.2) is 16.8 Å². The third-order valence-corrected chi connectivity index (χ3v) is 12.8. The van der Waals surface area contributed by atoms with Crippen LogP contribution in [0.3, 0.4) is 0 Å². The van der Waals surface area contributed by atoms with Crippen LogP contribution < -0.4 is 9.46 Å². The van der Waals surface area contributed by atoms with Crippen LogP contribution in [0.2, 0.25) is 0 Å². The van der Waals surface area contributed by atoms with Gasteiger partial charge >= 0.3 is 0 Å². The molecule has 14 heteroatoms. The maximum Gasteiger partial charge on any atom is 0.261 e. The number of hydrogen-bond acceptors (Lipinski definition) is 9. The molecule has 1 aliphatic rings. The average molecular weight is 708 g/mol. The van der Waals surface area contributed by atoms with Crippen LogP contribution >= 0.6 is 11.3 Å². The minimum atomic E-state index is -3.95. The molecule has 0 fully saturated rings. The SMILES string of the molecule is Cc1ccc(S(=O)(=O)Nc2ccc3c(c2)C(=O)N([C@@H](C)CO)C[C@H](C)[C@@H](CN(C)S(=O)(=O)c2cccs2)OCCCC[C@H](C)O3)cc1. The van der Waals surface area contributed by atoms with Crippen molar-refractivity contribution in [2.24, 2.45) is 5.92 Å². The van der Waals surface area contributed by atoms with Gasteiger partial charge in [0, 0.05) is 38.3 Å². The Bertz CT molecular complexity index is 1700. The number of ether oxygens (including phenoxy) is 2. The normalized spacial score (nSPS) is 21.0. The summed E-state index contributed by atoms with van der Waals surface area (Å²) in [5.74, 6) is -0.508. The molecule has 11 nitrogen and oxygen atoms in total. The van der Waals surface area contributed by atoms with E-state index in [-0.39, 0.29) is 52.1 Å². The topological polar surface area (TPSA) is 143 Å². The Morgan fingerprint density at radius 2 is 1.81 bits per heavy atom. The zero-order chi connectivity index (χ0) is 34.4. The second-order valence-electron chi connectivity index (χ2n) is 12.1. The number of nitrogens with one attached hydrogen (secondary N) is 1. The number of likely N-dealkylation sites (N-methyl/N-ethyl adjacent to an activating group) is 1. The Hall–Kier alpha value is -3.01. The summed E-state index contributed by atoms with van der Waals surface area (Å²) in [5, 5.41) is 11.9. The largest absolute Gasteiger partial charge is 0.490 e. The van der Waals surface area contributed by atoms with Gasteiger partial charge in [-0.3, -0.25) is 9.52 Å². The van der Waals surface area contributed by atoms with Crippen molar-refractivity contribution >= 4 is 43.0 Å². The number of fused-ring (bicyclic) bond motifs is 1. The van der Waals surface area contributed by atoms with E-state index in [4.69, 9.17) is 9.47 Å². The van der Waals surface area contributed by atoms with Gasteiger partial charge in [-0.2, -0.15) is 4.31 Å². The van der Waals surface area contributed by atoms with Crippen molar-refractivity contribution < 1.29 is 36.2 Å². The van der Waals surface area contributed by atoms with E-state index in [1.54, 1.807) is 48.7 Å². The molecule has 3 aromatic rings. The van der Waals surface area contributed by atoms with Crippen molar-refractivity contribution in [3.63, 3.8) is 0 Å². The summed E-state index contributed by atoms with van der Waals surface area (Å²) in [7, 11) is -6.17. The number of aliphatic hydroxyl groups is 1. The Labute approximate surface area is 282 Å². The van der Waals surface area contributed by atoms with Crippen molar-refractivity contribution in [3.8, 4) is 5.75 Å². The van der Waals surface area contributed by atoms with Crippen LogP contribution in [0, 0.1) is 12.8 Å². The second kappa shape index (κ2) is 15.9. The smallest absolute Gasteiger partial charge is 0.261 e. The molecule has 2 aromatic carbocycles. The van der Waals surface area contributed by atoms with Crippen LogP contribution in [0.15, 0.2) is 69.1 Å². The number of benzene rings is 2. The molecule has 2 N–H and O–H groups in total. The van der Waals surface area contributed by atoms with Gasteiger partial charge in [0.15, 0.2) is 0 Å². The van der Waals surface area contributed by atoms with Crippen molar-refractivity contribution in [2.75, 3.05) is 38.1 Å². The van der Waals surface area contributed by atoms with E-state index in [9.17, 15) is 26.7 Å². The van der Waals surface area contributed by atoms with Gasteiger partial charge in [-0.15, -0.1) is 11.3 Å². The number of rotatable bonds is 9. The molecule has 0 radical (unpaired) electrons. The second-order valence-corrected chi connectivity index (χ2v) is 17.0. The molecule has 4 atom stereocenters. The van der Waals surface area contributed by atoms with E-state index in [1.807, 2.05) is 20.8 Å². The van der Waals surface area contributed by atoms with Crippen molar-refractivity contribution in [1.82, 2.24) is 9.21 Å². The fourth-order valence-electron chi connectivity index (χ4n) is 5.30. The zero-order valence-electron chi connectivity index (χ0n) is 27.5. The van der Waals surface area contributed by atoms with E-state index in [0.29, 0.717) is 18.8 Å². The van der Waals surface area contributed by atoms with Gasteiger partial charge in [0.25, 0.3) is 26.0 Å². The van der Waals surface area contributed by atoms with Crippen LogP contribution in [0.5, 0.6) is 5.75 Å². The number of aliphatic hydroxyl groups excluding tert-OH is 1. The van der Waals surface area contributed by atoms with E-state index in [2.05, 4.69) is 4.72 Å².